The Morgan fingerprint density at radius 1 is 1.50 bits per heavy atom. The summed E-state index contributed by atoms with van der Waals surface area (Å²) >= 11 is 2.97. The van der Waals surface area contributed by atoms with Crippen molar-refractivity contribution in [2.75, 3.05) is 6.61 Å². The highest BCUT2D eigenvalue weighted by Gasteiger charge is 2.36. The first kappa shape index (κ1) is 14.7. The van der Waals surface area contributed by atoms with E-state index >= 15 is 0 Å². The molecule has 3 nitrogen and oxygen atoms in total. The lowest BCUT2D eigenvalue weighted by Crippen LogP contribution is -2.14. The fourth-order valence-electron chi connectivity index (χ4n) is 1.16. The molecule has 0 saturated heterocycles. The molecular formula is C11H9BrF3NO2. The lowest BCUT2D eigenvalue weighted by atomic mass is 10.1. The maximum absolute atomic E-state index is 12.8. The number of carbonyl (C=O) groups is 1. The summed E-state index contributed by atoms with van der Waals surface area (Å²) in [5.74, 6) is -1.05. The van der Waals surface area contributed by atoms with Crippen molar-refractivity contribution in [2.45, 2.75) is 13.1 Å². The number of ether oxygens (including phenoxy) is 1. The quantitative estimate of drug-likeness (QED) is 0.486. The summed E-state index contributed by atoms with van der Waals surface area (Å²) in [6.07, 6.45) is -4.28. The minimum atomic E-state index is -4.68. The molecule has 0 N–H and O–H groups in total. The summed E-state index contributed by atoms with van der Waals surface area (Å²) in [4.78, 5) is 14.8. The monoisotopic (exact) mass is 323 g/mol. The second-order valence-corrected chi connectivity index (χ2v) is 3.97. The minimum Gasteiger partial charge on any atom is -0.463 e. The van der Waals surface area contributed by atoms with Gasteiger partial charge < -0.3 is 4.74 Å². The minimum absolute atomic E-state index is 0.00633. The van der Waals surface area contributed by atoms with Gasteiger partial charge in [-0.2, -0.15) is 13.2 Å². The average molecular weight is 324 g/mol. The van der Waals surface area contributed by atoms with Crippen molar-refractivity contribution in [3.63, 3.8) is 0 Å². The van der Waals surface area contributed by atoms with Gasteiger partial charge in [0.05, 0.1) is 17.9 Å². The Morgan fingerprint density at radius 2 is 2.17 bits per heavy atom. The molecule has 1 rings (SSSR count). The third-order valence-electron chi connectivity index (χ3n) is 1.85. The van der Waals surface area contributed by atoms with Crippen LogP contribution in [0.25, 0.3) is 5.57 Å². The van der Waals surface area contributed by atoms with E-state index in [0.717, 1.165) is 0 Å². The molecule has 0 fully saturated rings. The number of hydrogen-bond acceptors (Lipinski definition) is 3. The molecule has 7 heteroatoms. The van der Waals surface area contributed by atoms with Gasteiger partial charge in [-0.05, 0) is 35.0 Å². The molecule has 0 amide bonds. The molecule has 0 radical (unpaired) electrons. The molecule has 1 heterocycles. The molecule has 18 heavy (non-hydrogen) atoms. The van der Waals surface area contributed by atoms with Crippen LogP contribution in [0.2, 0.25) is 0 Å². The van der Waals surface area contributed by atoms with E-state index in [0.29, 0.717) is 6.08 Å². The Balaban J connectivity index is 3.19. The van der Waals surface area contributed by atoms with E-state index in [4.69, 9.17) is 0 Å². The standard InChI is InChI=1S/C11H9BrF3NO2/c1-2-18-10(17)6-7(11(13,14)15)8-4-3-5-9(12)16-8/h3-6H,2H2,1H3. The Kier molecular flexibility index (Phi) is 4.89. The van der Waals surface area contributed by atoms with Crippen LogP contribution in [0.5, 0.6) is 0 Å². The fourth-order valence-corrected chi connectivity index (χ4v) is 1.50. The van der Waals surface area contributed by atoms with E-state index in [1.54, 1.807) is 0 Å². The number of carbonyl (C=O) groups excluding carboxylic acids is 1. The third kappa shape index (κ3) is 4.14. The normalized spacial score (nSPS) is 12.4. The maximum atomic E-state index is 12.8. The molecule has 98 valence electrons. The van der Waals surface area contributed by atoms with Crippen LogP contribution < -0.4 is 0 Å². The Morgan fingerprint density at radius 3 is 2.67 bits per heavy atom. The van der Waals surface area contributed by atoms with E-state index in [1.165, 1.54) is 25.1 Å². The number of allylic oxidation sites excluding steroid dienone is 1. The highest BCUT2D eigenvalue weighted by Crippen LogP contribution is 2.33. The second kappa shape index (κ2) is 5.99. The van der Waals surface area contributed by atoms with Crippen molar-refractivity contribution < 1.29 is 22.7 Å². The Bertz CT molecular complexity index is 472. The zero-order valence-corrected chi connectivity index (χ0v) is 10.9. The zero-order chi connectivity index (χ0) is 13.8. The topological polar surface area (TPSA) is 39.2 Å². The van der Waals surface area contributed by atoms with Gasteiger partial charge in [0.2, 0.25) is 0 Å². The van der Waals surface area contributed by atoms with Crippen LogP contribution in [0, 0.1) is 0 Å². The van der Waals surface area contributed by atoms with Gasteiger partial charge in [-0.3, -0.25) is 0 Å². The van der Waals surface area contributed by atoms with Gasteiger partial charge in [-0.25, -0.2) is 9.78 Å². The fraction of sp³-hybridized carbons (Fsp3) is 0.273. The number of hydrogen-bond donors (Lipinski definition) is 0. The van der Waals surface area contributed by atoms with Crippen LogP contribution in [0.1, 0.15) is 12.6 Å². The lowest BCUT2D eigenvalue weighted by molar-refractivity contribution is -0.137. The Hall–Kier alpha value is -1.37. The molecule has 0 bridgehead atoms. The maximum Gasteiger partial charge on any atom is 0.418 e. The van der Waals surface area contributed by atoms with Crippen molar-refractivity contribution in [2.24, 2.45) is 0 Å². The number of rotatable bonds is 3. The number of esters is 1. The smallest absolute Gasteiger partial charge is 0.418 e. The summed E-state index contributed by atoms with van der Waals surface area (Å²) in [6, 6.07) is 4.06. The van der Waals surface area contributed by atoms with Crippen molar-refractivity contribution in [3.8, 4) is 0 Å². The molecule has 0 atom stereocenters. The first-order chi connectivity index (χ1) is 8.34. The zero-order valence-electron chi connectivity index (χ0n) is 9.29. The van der Waals surface area contributed by atoms with E-state index < -0.39 is 17.7 Å². The summed E-state index contributed by atoms with van der Waals surface area (Å²) in [6.45, 7) is 1.52. The SMILES string of the molecule is CCOC(=O)C=C(c1cccc(Br)n1)C(F)(F)F. The largest absolute Gasteiger partial charge is 0.463 e. The van der Waals surface area contributed by atoms with E-state index in [-0.39, 0.29) is 16.9 Å². The average Bonchev–Trinajstić information content (AvgIpc) is 2.24. The van der Waals surface area contributed by atoms with Gasteiger partial charge in [0, 0.05) is 6.08 Å². The number of alkyl halides is 3. The van der Waals surface area contributed by atoms with Gasteiger partial charge in [-0.1, -0.05) is 6.07 Å². The van der Waals surface area contributed by atoms with Crippen molar-refractivity contribution in [3.05, 3.63) is 34.6 Å². The van der Waals surface area contributed by atoms with Crippen LogP contribution in [0.4, 0.5) is 13.2 Å². The summed E-state index contributed by atoms with van der Waals surface area (Å²) < 4.78 is 43.1. The van der Waals surface area contributed by atoms with Crippen LogP contribution >= 0.6 is 15.9 Å². The first-order valence-corrected chi connectivity index (χ1v) is 5.72. The van der Waals surface area contributed by atoms with Gasteiger partial charge in [0.25, 0.3) is 0 Å². The molecule has 0 aliphatic heterocycles. The predicted molar refractivity (Wildman–Crippen MR) is 62.6 cm³/mol. The van der Waals surface area contributed by atoms with Crippen molar-refractivity contribution >= 4 is 27.5 Å². The highest BCUT2D eigenvalue weighted by molar-refractivity contribution is 9.10. The number of halogens is 4. The number of aromatic nitrogens is 1. The van der Waals surface area contributed by atoms with E-state index in [2.05, 4.69) is 25.7 Å². The molecule has 0 aliphatic carbocycles. The van der Waals surface area contributed by atoms with Gasteiger partial charge in [-0.15, -0.1) is 0 Å². The summed E-state index contributed by atoms with van der Waals surface area (Å²) in [5.41, 5.74) is -1.48. The Labute approximate surface area is 110 Å². The van der Waals surface area contributed by atoms with Gasteiger partial charge in [0.15, 0.2) is 0 Å². The second-order valence-electron chi connectivity index (χ2n) is 3.15. The molecule has 0 spiro atoms. The van der Waals surface area contributed by atoms with Crippen molar-refractivity contribution in [1.82, 2.24) is 4.98 Å². The first-order valence-electron chi connectivity index (χ1n) is 4.93. The van der Waals surface area contributed by atoms with Crippen LogP contribution in [0.3, 0.4) is 0 Å². The predicted octanol–water partition coefficient (Wildman–Crippen LogP) is 3.35. The van der Waals surface area contributed by atoms with E-state index in [9.17, 15) is 18.0 Å². The molecule has 0 aliphatic rings. The third-order valence-corrected chi connectivity index (χ3v) is 2.29. The molecule has 0 aromatic carbocycles. The molecular weight excluding hydrogens is 315 g/mol. The molecule has 0 saturated carbocycles. The van der Waals surface area contributed by atoms with Crippen LogP contribution in [0.15, 0.2) is 28.9 Å². The van der Waals surface area contributed by atoms with Gasteiger partial charge in [0.1, 0.15) is 4.60 Å². The van der Waals surface area contributed by atoms with Crippen LogP contribution in [-0.2, 0) is 9.53 Å². The highest BCUT2D eigenvalue weighted by atomic mass is 79.9. The van der Waals surface area contributed by atoms with Gasteiger partial charge >= 0.3 is 12.1 Å². The molecule has 1 aromatic heterocycles. The number of pyridine rings is 1. The molecule has 0 unspecified atom stereocenters. The number of nitrogens with zero attached hydrogens (tertiary/aromatic N) is 1. The lowest BCUT2D eigenvalue weighted by Gasteiger charge is -2.11. The van der Waals surface area contributed by atoms with Crippen molar-refractivity contribution in [1.29, 1.82) is 0 Å². The van der Waals surface area contributed by atoms with E-state index in [1.807, 2.05) is 0 Å². The molecule has 1 aromatic rings. The van der Waals surface area contributed by atoms with Crippen LogP contribution in [-0.4, -0.2) is 23.7 Å². The summed E-state index contributed by atoms with van der Waals surface area (Å²) in [5, 5.41) is 0. The summed E-state index contributed by atoms with van der Waals surface area (Å²) in [7, 11) is 0.